The summed E-state index contributed by atoms with van der Waals surface area (Å²) in [5.74, 6) is 0.213. The van der Waals surface area contributed by atoms with E-state index in [1.165, 1.54) is 6.07 Å². The first kappa shape index (κ1) is 12.7. The van der Waals surface area contributed by atoms with Crippen LogP contribution in [0.4, 0.5) is 5.69 Å². The monoisotopic (exact) mass is 245 g/mol. The largest absolute Gasteiger partial charge is 0.475 e. The van der Waals surface area contributed by atoms with Crippen molar-refractivity contribution in [2.24, 2.45) is 0 Å². The molecule has 1 aromatic rings. The number of nitrogens with zero attached hydrogens (tertiary/aromatic N) is 2. The van der Waals surface area contributed by atoms with E-state index in [9.17, 15) is 10.1 Å². The van der Waals surface area contributed by atoms with Gasteiger partial charge in [0.1, 0.15) is 17.8 Å². The number of pyridine rings is 1. The van der Waals surface area contributed by atoms with E-state index < -0.39 is 4.92 Å². The van der Waals surface area contributed by atoms with Gasteiger partial charge in [0.2, 0.25) is 5.88 Å². The number of likely N-dealkylation sites (N-methyl/N-ethyl adjacent to an activating group) is 1. The second kappa shape index (κ2) is 6.24. The van der Waals surface area contributed by atoms with Crippen molar-refractivity contribution in [3.8, 4) is 5.88 Å². The number of hydrogen-bond acceptors (Lipinski definition) is 5. The maximum atomic E-state index is 10.4. The lowest BCUT2D eigenvalue weighted by Gasteiger charge is -2.06. The van der Waals surface area contributed by atoms with E-state index in [1.807, 2.05) is 6.92 Å². The van der Waals surface area contributed by atoms with Crippen LogP contribution < -0.4 is 10.1 Å². The van der Waals surface area contributed by atoms with E-state index in [0.29, 0.717) is 13.2 Å². The quantitative estimate of drug-likeness (QED) is 0.468. The van der Waals surface area contributed by atoms with Crippen LogP contribution in [0.15, 0.2) is 12.3 Å². The fourth-order valence-electron chi connectivity index (χ4n) is 1.02. The van der Waals surface area contributed by atoms with Gasteiger partial charge in [-0.05, 0) is 6.54 Å². The highest BCUT2D eigenvalue weighted by Crippen LogP contribution is 2.25. The molecule has 0 aliphatic carbocycles. The van der Waals surface area contributed by atoms with Gasteiger partial charge >= 0.3 is 0 Å². The molecule has 1 N–H and O–H groups in total. The number of nitro groups is 1. The molecule has 0 aliphatic rings. The molecule has 1 aromatic heterocycles. The number of ether oxygens (including phenoxy) is 1. The molecule has 16 heavy (non-hydrogen) atoms. The van der Waals surface area contributed by atoms with Crippen LogP contribution in [0.1, 0.15) is 6.92 Å². The zero-order valence-electron chi connectivity index (χ0n) is 8.77. The predicted octanol–water partition coefficient (Wildman–Crippen LogP) is 1.63. The van der Waals surface area contributed by atoms with E-state index in [4.69, 9.17) is 16.3 Å². The summed E-state index contributed by atoms with van der Waals surface area (Å²) < 4.78 is 5.25. The third-order valence-electron chi connectivity index (χ3n) is 1.77. The lowest BCUT2D eigenvalue weighted by atomic mass is 10.4. The Morgan fingerprint density at radius 3 is 3.00 bits per heavy atom. The summed E-state index contributed by atoms with van der Waals surface area (Å²) in [6.45, 7) is 3.92. The molecule has 6 nitrogen and oxygen atoms in total. The average Bonchev–Trinajstić information content (AvgIpc) is 2.26. The maximum absolute atomic E-state index is 10.4. The molecular weight excluding hydrogens is 234 g/mol. The molecule has 0 atom stereocenters. The van der Waals surface area contributed by atoms with Crippen LogP contribution in [-0.2, 0) is 0 Å². The van der Waals surface area contributed by atoms with Crippen molar-refractivity contribution in [2.45, 2.75) is 6.92 Å². The zero-order chi connectivity index (χ0) is 12.0. The second-order valence-corrected chi connectivity index (χ2v) is 3.35. The van der Waals surface area contributed by atoms with Gasteiger partial charge in [0.05, 0.1) is 4.92 Å². The highest BCUT2D eigenvalue weighted by molar-refractivity contribution is 6.32. The molecule has 0 saturated carbocycles. The minimum atomic E-state index is -0.554. The summed E-state index contributed by atoms with van der Waals surface area (Å²) in [6.07, 6.45) is 1.12. The Morgan fingerprint density at radius 2 is 2.44 bits per heavy atom. The second-order valence-electron chi connectivity index (χ2n) is 2.94. The predicted molar refractivity (Wildman–Crippen MR) is 59.9 cm³/mol. The molecule has 1 rings (SSSR count). The van der Waals surface area contributed by atoms with E-state index >= 15 is 0 Å². The Balaban J connectivity index is 2.57. The van der Waals surface area contributed by atoms with Gasteiger partial charge < -0.3 is 10.1 Å². The van der Waals surface area contributed by atoms with Gasteiger partial charge in [-0.15, -0.1) is 0 Å². The third kappa shape index (κ3) is 3.63. The lowest BCUT2D eigenvalue weighted by molar-refractivity contribution is -0.385. The summed E-state index contributed by atoms with van der Waals surface area (Å²) >= 11 is 5.77. The zero-order valence-corrected chi connectivity index (χ0v) is 9.53. The minimum absolute atomic E-state index is 0.144. The Bertz CT molecular complexity index is 373. The van der Waals surface area contributed by atoms with Gasteiger partial charge in [-0.2, -0.15) is 0 Å². The van der Waals surface area contributed by atoms with Gasteiger partial charge in [0.15, 0.2) is 0 Å². The van der Waals surface area contributed by atoms with Crippen molar-refractivity contribution < 1.29 is 9.66 Å². The highest BCUT2D eigenvalue weighted by atomic mass is 35.5. The maximum Gasteiger partial charge on any atom is 0.289 e. The van der Waals surface area contributed by atoms with Crippen LogP contribution in [0, 0.1) is 10.1 Å². The first-order valence-electron chi connectivity index (χ1n) is 4.78. The molecule has 7 heteroatoms. The van der Waals surface area contributed by atoms with E-state index in [-0.39, 0.29) is 16.6 Å². The first-order valence-corrected chi connectivity index (χ1v) is 5.16. The smallest absolute Gasteiger partial charge is 0.289 e. The van der Waals surface area contributed by atoms with Crippen LogP contribution >= 0.6 is 11.6 Å². The molecule has 88 valence electrons. The Labute approximate surface area is 97.7 Å². The fourth-order valence-corrected chi connectivity index (χ4v) is 1.23. The summed E-state index contributed by atoms with van der Waals surface area (Å²) in [5, 5.41) is 13.6. The van der Waals surface area contributed by atoms with Gasteiger partial charge in [0, 0.05) is 12.6 Å². The van der Waals surface area contributed by atoms with Crippen LogP contribution in [0.2, 0.25) is 5.02 Å². The van der Waals surface area contributed by atoms with Gasteiger partial charge in [0.25, 0.3) is 5.69 Å². The van der Waals surface area contributed by atoms with E-state index in [2.05, 4.69) is 10.3 Å². The molecule has 1 heterocycles. The van der Waals surface area contributed by atoms with Crippen LogP contribution in [0.5, 0.6) is 5.88 Å². The summed E-state index contributed by atoms with van der Waals surface area (Å²) in [6, 6.07) is 1.22. The summed E-state index contributed by atoms with van der Waals surface area (Å²) in [4.78, 5) is 13.6. The molecule has 0 aliphatic heterocycles. The van der Waals surface area contributed by atoms with Crippen LogP contribution in [0.25, 0.3) is 0 Å². The Hall–Kier alpha value is -1.40. The lowest BCUT2D eigenvalue weighted by Crippen LogP contribution is -2.20. The standard InChI is InChI=1S/C9H12ClN3O3/c1-2-11-3-4-16-9-8(10)5-7(6-12-9)13(14)15/h5-6,11H,2-4H2,1H3. The van der Waals surface area contributed by atoms with Gasteiger partial charge in [-0.25, -0.2) is 4.98 Å². The van der Waals surface area contributed by atoms with Crippen LogP contribution in [0.3, 0.4) is 0 Å². The molecule has 0 fully saturated rings. The molecule has 0 bridgehead atoms. The van der Waals surface area contributed by atoms with Crippen LogP contribution in [-0.4, -0.2) is 29.6 Å². The summed E-state index contributed by atoms with van der Waals surface area (Å²) in [7, 11) is 0. The van der Waals surface area contributed by atoms with Gasteiger partial charge in [-0.3, -0.25) is 10.1 Å². The molecule has 0 radical (unpaired) electrons. The SMILES string of the molecule is CCNCCOc1ncc([N+](=O)[O-])cc1Cl. The Kier molecular flexibility index (Phi) is 4.94. The van der Waals surface area contributed by atoms with Crippen molar-refractivity contribution in [3.63, 3.8) is 0 Å². The number of aromatic nitrogens is 1. The van der Waals surface area contributed by atoms with Gasteiger partial charge in [-0.1, -0.05) is 18.5 Å². The number of nitrogens with one attached hydrogen (secondary N) is 1. The molecule has 0 saturated heterocycles. The molecular formula is C9H12ClN3O3. The molecule has 0 aromatic carbocycles. The topological polar surface area (TPSA) is 77.3 Å². The highest BCUT2D eigenvalue weighted by Gasteiger charge is 2.11. The summed E-state index contributed by atoms with van der Waals surface area (Å²) in [5.41, 5.74) is -0.149. The average molecular weight is 246 g/mol. The van der Waals surface area contributed by atoms with E-state index in [0.717, 1.165) is 12.7 Å². The number of halogens is 1. The number of hydrogen-bond donors (Lipinski definition) is 1. The molecule has 0 unspecified atom stereocenters. The molecule has 0 spiro atoms. The molecule has 0 amide bonds. The fraction of sp³-hybridized carbons (Fsp3) is 0.444. The third-order valence-corrected chi connectivity index (χ3v) is 2.04. The van der Waals surface area contributed by atoms with Crippen molar-refractivity contribution >= 4 is 17.3 Å². The normalized spacial score (nSPS) is 10.1. The van der Waals surface area contributed by atoms with E-state index in [1.54, 1.807) is 0 Å². The minimum Gasteiger partial charge on any atom is -0.475 e. The number of rotatable bonds is 6. The van der Waals surface area contributed by atoms with Crippen molar-refractivity contribution in [1.29, 1.82) is 0 Å². The van der Waals surface area contributed by atoms with Crippen molar-refractivity contribution in [1.82, 2.24) is 10.3 Å². The van der Waals surface area contributed by atoms with Crippen molar-refractivity contribution in [2.75, 3.05) is 19.7 Å². The first-order chi connectivity index (χ1) is 7.65. The van der Waals surface area contributed by atoms with Crippen molar-refractivity contribution in [3.05, 3.63) is 27.4 Å². The Morgan fingerprint density at radius 1 is 1.69 bits per heavy atom.